The Labute approximate surface area is 166 Å². The summed E-state index contributed by atoms with van der Waals surface area (Å²) in [5, 5.41) is 7.98. The molecular weight excluding hydrogens is 404 g/mol. The first-order chi connectivity index (χ1) is 14.4. The predicted molar refractivity (Wildman–Crippen MR) is 97.8 cm³/mol. The van der Waals surface area contributed by atoms with E-state index in [-0.39, 0.29) is 29.0 Å². The molecule has 1 unspecified atom stereocenters. The van der Waals surface area contributed by atoms with Gasteiger partial charge < -0.3 is 9.15 Å². The maximum atomic E-state index is 13.3. The SMILES string of the molecule is Fc1ccc(C(Oc2cc(/C=C/C(F)(F)F)c3ncccc3c2)c2nnco2)nc1. The van der Waals surface area contributed by atoms with Gasteiger partial charge in [0.05, 0.1) is 17.4 Å². The monoisotopic (exact) mass is 416 g/mol. The third kappa shape index (κ3) is 4.43. The van der Waals surface area contributed by atoms with Crippen molar-refractivity contribution in [1.82, 2.24) is 20.2 Å². The molecule has 4 rings (SSSR count). The molecule has 0 spiro atoms. The van der Waals surface area contributed by atoms with Crippen molar-refractivity contribution >= 4 is 17.0 Å². The molecule has 1 atom stereocenters. The Morgan fingerprint density at radius 3 is 2.67 bits per heavy atom. The van der Waals surface area contributed by atoms with Crippen molar-refractivity contribution in [2.24, 2.45) is 0 Å². The summed E-state index contributed by atoms with van der Waals surface area (Å²) in [5.41, 5.74) is 0.857. The second kappa shape index (κ2) is 7.90. The number of alkyl halides is 3. The van der Waals surface area contributed by atoms with E-state index in [0.29, 0.717) is 10.9 Å². The molecule has 152 valence electrons. The number of rotatable bonds is 5. The molecule has 6 nitrogen and oxygen atoms in total. The quantitative estimate of drug-likeness (QED) is 0.431. The number of allylic oxidation sites excluding steroid dienone is 1. The van der Waals surface area contributed by atoms with Gasteiger partial charge in [0.2, 0.25) is 12.5 Å². The van der Waals surface area contributed by atoms with Crippen LogP contribution in [0.2, 0.25) is 0 Å². The zero-order chi connectivity index (χ0) is 21.1. The van der Waals surface area contributed by atoms with Gasteiger partial charge >= 0.3 is 6.18 Å². The second-order valence-corrected chi connectivity index (χ2v) is 6.14. The molecule has 0 fully saturated rings. The number of benzene rings is 1. The number of hydrogen-bond acceptors (Lipinski definition) is 6. The van der Waals surface area contributed by atoms with E-state index in [2.05, 4.69) is 20.2 Å². The van der Waals surface area contributed by atoms with Gasteiger partial charge in [-0.15, -0.1) is 10.2 Å². The highest BCUT2D eigenvalue weighted by Crippen LogP contribution is 2.31. The summed E-state index contributed by atoms with van der Waals surface area (Å²) in [6.45, 7) is 0. The Hall–Kier alpha value is -3.82. The first-order valence-corrected chi connectivity index (χ1v) is 8.58. The molecule has 0 aliphatic rings. The summed E-state index contributed by atoms with van der Waals surface area (Å²) in [5.74, 6) is -0.279. The maximum absolute atomic E-state index is 13.3. The van der Waals surface area contributed by atoms with E-state index in [1.807, 2.05) is 0 Å². The summed E-state index contributed by atoms with van der Waals surface area (Å²) in [4.78, 5) is 8.13. The zero-order valence-electron chi connectivity index (χ0n) is 15.0. The highest BCUT2D eigenvalue weighted by molar-refractivity contribution is 5.88. The van der Waals surface area contributed by atoms with Crippen LogP contribution in [0, 0.1) is 5.82 Å². The fraction of sp³-hybridized carbons (Fsp3) is 0.100. The van der Waals surface area contributed by atoms with Crippen LogP contribution < -0.4 is 4.74 Å². The Balaban J connectivity index is 1.77. The van der Waals surface area contributed by atoms with Gasteiger partial charge in [-0.1, -0.05) is 6.07 Å². The van der Waals surface area contributed by atoms with Crippen LogP contribution in [0.1, 0.15) is 23.3 Å². The summed E-state index contributed by atoms with van der Waals surface area (Å²) in [7, 11) is 0. The van der Waals surface area contributed by atoms with Gasteiger partial charge in [0.25, 0.3) is 5.89 Å². The molecule has 0 bridgehead atoms. The fourth-order valence-corrected chi connectivity index (χ4v) is 2.78. The van der Waals surface area contributed by atoms with Crippen molar-refractivity contribution in [2.45, 2.75) is 12.3 Å². The molecule has 0 N–H and O–H groups in total. The molecule has 1 aromatic carbocycles. The van der Waals surface area contributed by atoms with Crippen molar-refractivity contribution in [3.8, 4) is 5.75 Å². The topological polar surface area (TPSA) is 73.9 Å². The van der Waals surface area contributed by atoms with Gasteiger partial charge in [-0.25, -0.2) is 4.39 Å². The van der Waals surface area contributed by atoms with Gasteiger partial charge in [0.15, 0.2) is 0 Å². The number of aromatic nitrogens is 4. The van der Waals surface area contributed by atoms with E-state index in [1.165, 1.54) is 24.4 Å². The lowest BCUT2D eigenvalue weighted by Crippen LogP contribution is -2.12. The molecule has 0 amide bonds. The minimum absolute atomic E-state index is 0.0489. The molecular formula is C20H12F4N4O2. The molecule has 3 heterocycles. The van der Waals surface area contributed by atoms with Crippen LogP contribution in [0.4, 0.5) is 17.6 Å². The third-order valence-electron chi connectivity index (χ3n) is 4.03. The van der Waals surface area contributed by atoms with Crippen LogP contribution in [0.3, 0.4) is 0 Å². The van der Waals surface area contributed by atoms with E-state index in [4.69, 9.17) is 9.15 Å². The second-order valence-electron chi connectivity index (χ2n) is 6.14. The highest BCUT2D eigenvalue weighted by atomic mass is 19.4. The van der Waals surface area contributed by atoms with Crippen molar-refractivity contribution < 1.29 is 26.7 Å². The van der Waals surface area contributed by atoms with Gasteiger partial charge in [-0.2, -0.15) is 13.2 Å². The lowest BCUT2D eigenvalue weighted by Gasteiger charge is -2.16. The minimum atomic E-state index is -4.48. The first kappa shape index (κ1) is 19.5. The van der Waals surface area contributed by atoms with E-state index < -0.39 is 18.1 Å². The average Bonchev–Trinajstić information content (AvgIpc) is 3.25. The van der Waals surface area contributed by atoms with Crippen LogP contribution in [0.15, 0.2) is 65.7 Å². The van der Waals surface area contributed by atoms with Crippen molar-refractivity contribution in [2.75, 3.05) is 0 Å². The molecule has 10 heteroatoms. The Morgan fingerprint density at radius 2 is 1.97 bits per heavy atom. The van der Waals surface area contributed by atoms with E-state index in [0.717, 1.165) is 18.7 Å². The maximum Gasteiger partial charge on any atom is 0.409 e. The van der Waals surface area contributed by atoms with Crippen LogP contribution in [0.25, 0.3) is 17.0 Å². The molecule has 3 aromatic heterocycles. The summed E-state index contributed by atoms with van der Waals surface area (Å²) in [6, 6.07) is 8.94. The molecule has 0 radical (unpaired) electrons. The summed E-state index contributed by atoms with van der Waals surface area (Å²) in [6.07, 6.45) is -0.862. The zero-order valence-corrected chi connectivity index (χ0v) is 15.0. The molecule has 0 aliphatic carbocycles. The van der Waals surface area contributed by atoms with E-state index >= 15 is 0 Å². The van der Waals surface area contributed by atoms with Crippen LogP contribution >= 0.6 is 0 Å². The Bertz CT molecular complexity index is 1180. The Kier molecular flexibility index (Phi) is 5.13. The average molecular weight is 416 g/mol. The lowest BCUT2D eigenvalue weighted by molar-refractivity contribution is -0.0790. The normalized spacial score (nSPS) is 13.1. The number of nitrogens with zero attached hydrogens (tertiary/aromatic N) is 4. The van der Waals surface area contributed by atoms with Gasteiger partial charge in [-0.05, 0) is 36.4 Å². The van der Waals surface area contributed by atoms with Crippen molar-refractivity contribution in [1.29, 1.82) is 0 Å². The number of ether oxygens (including phenoxy) is 1. The third-order valence-corrected chi connectivity index (χ3v) is 4.03. The lowest BCUT2D eigenvalue weighted by atomic mass is 10.1. The van der Waals surface area contributed by atoms with Gasteiger partial charge in [0.1, 0.15) is 11.6 Å². The highest BCUT2D eigenvalue weighted by Gasteiger charge is 2.25. The van der Waals surface area contributed by atoms with Crippen LogP contribution in [-0.4, -0.2) is 26.3 Å². The van der Waals surface area contributed by atoms with Gasteiger partial charge in [0, 0.05) is 23.2 Å². The minimum Gasteiger partial charge on any atom is -0.474 e. The Morgan fingerprint density at radius 1 is 1.10 bits per heavy atom. The predicted octanol–water partition coefficient (Wildman–Crippen LogP) is 4.90. The smallest absolute Gasteiger partial charge is 0.409 e. The van der Waals surface area contributed by atoms with Crippen molar-refractivity contribution in [3.05, 3.63) is 84.2 Å². The van der Waals surface area contributed by atoms with Crippen molar-refractivity contribution in [3.63, 3.8) is 0 Å². The van der Waals surface area contributed by atoms with Crippen LogP contribution in [0.5, 0.6) is 5.75 Å². The largest absolute Gasteiger partial charge is 0.474 e. The molecule has 30 heavy (non-hydrogen) atoms. The molecule has 0 saturated heterocycles. The van der Waals surface area contributed by atoms with Crippen LogP contribution in [-0.2, 0) is 0 Å². The van der Waals surface area contributed by atoms with E-state index in [9.17, 15) is 17.6 Å². The number of halogens is 4. The van der Waals surface area contributed by atoms with E-state index in [1.54, 1.807) is 18.2 Å². The number of fused-ring (bicyclic) bond motifs is 1. The standard InChI is InChI=1S/C20H12F4N4O2/c21-14-3-4-16(26-10-14)18(19-28-27-11-29-19)30-15-8-12-2-1-7-25-17(12)13(9-15)5-6-20(22,23)24/h1-11,18H/b6-5+. The molecule has 4 aromatic rings. The van der Waals surface area contributed by atoms with Gasteiger partial charge in [-0.3, -0.25) is 9.97 Å². The fourth-order valence-electron chi connectivity index (χ4n) is 2.78. The molecule has 0 saturated carbocycles. The number of hydrogen-bond donors (Lipinski definition) is 0. The first-order valence-electron chi connectivity index (χ1n) is 8.58. The number of pyridine rings is 2. The summed E-state index contributed by atoms with van der Waals surface area (Å²) >= 11 is 0. The molecule has 0 aliphatic heterocycles. The summed E-state index contributed by atoms with van der Waals surface area (Å²) < 4.78 is 62.5.